The Bertz CT molecular complexity index is 4420. The van der Waals surface area contributed by atoms with Gasteiger partial charge in [0.25, 0.3) is 22.4 Å². The molecule has 7 rings (SSSR count). The molecule has 36 nitrogen and oxygen atoms in total. The van der Waals surface area contributed by atoms with E-state index >= 15 is 0 Å². The van der Waals surface area contributed by atoms with E-state index in [1.165, 1.54) is 13.8 Å². The van der Waals surface area contributed by atoms with E-state index < -0.39 is 204 Å². The summed E-state index contributed by atoms with van der Waals surface area (Å²) in [6.07, 6.45) is 0. The fraction of sp³-hybridized carbons (Fsp3) is 0.130. The highest BCUT2D eigenvalue weighted by molar-refractivity contribution is 6.04. The van der Waals surface area contributed by atoms with Crippen LogP contribution < -0.4 is 32.6 Å². The van der Waals surface area contributed by atoms with Crippen LogP contribution in [0.25, 0.3) is 10.7 Å². The van der Waals surface area contributed by atoms with Gasteiger partial charge in [0.2, 0.25) is 35.5 Å². The van der Waals surface area contributed by atoms with E-state index in [1.807, 2.05) is 0 Å². The summed E-state index contributed by atoms with van der Waals surface area (Å²) in [7, 11) is 0. The maximum Gasteiger partial charge on any atom is 0.337 e. The first-order chi connectivity index (χ1) is 42.7. The predicted molar refractivity (Wildman–Crippen MR) is 306 cm³/mol. The summed E-state index contributed by atoms with van der Waals surface area (Å²) in [5.41, 5.74) is -13.7. The number of pyridine rings is 3. The Morgan fingerprint density at radius 2 is 0.811 bits per heavy atom. The summed E-state index contributed by atoms with van der Waals surface area (Å²) in [6.45, 7) is 12.9. The number of aromatic hydroxyl groups is 3. The molecular formula is C54H40N18O18. The molecule has 0 aliphatic rings. The van der Waals surface area contributed by atoms with Crippen molar-refractivity contribution >= 4 is 99.3 Å². The van der Waals surface area contributed by atoms with E-state index in [1.54, 1.807) is 12.1 Å². The Balaban J connectivity index is 1.29. The molecule has 4 heterocycles. The fourth-order valence-electron chi connectivity index (χ4n) is 8.40. The second-order valence-corrected chi connectivity index (χ2v) is 18.1. The van der Waals surface area contributed by atoms with Crippen LogP contribution in [0.2, 0.25) is 0 Å². The third-order valence-electron chi connectivity index (χ3n) is 12.8. The Labute approximate surface area is 500 Å². The average Bonchev–Trinajstić information content (AvgIpc) is 0.817. The summed E-state index contributed by atoms with van der Waals surface area (Å²) in [6, 6.07) is 12.9. The number of aromatic carboxylic acids is 6. The Kier molecular flexibility index (Phi) is 18.7. The number of carbonyl (C=O) groups is 6. The number of nitrogens with one attached hydrogen (secondary N) is 3. The topological polar surface area (TPSA) is 551 Å². The van der Waals surface area contributed by atoms with E-state index in [0.717, 1.165) is 61.5 Å². The van der Waals surface area contributed by atoms with Gasteiger partial charge in [-0.2, -0.15) is 25.5 Å². The molecule has 0 saturated heterocycles. The van der Waals surface area contributed by atoms with Crippen LogP contribution in [0.5, 0.6) is 17.6 Å². The van der Waals surface area contributed by atoms with Gasteiger partial charge in [-0.3, -0.25) is 23.5 Å². The molecule has 3 aromatic carbocycles. The number of aromatic nitrogens is 6. The molecule has 0 saturated carbocycles. The molecule has 0 unspecified atom stereocenters. The van der Waals surface area contributed by atoms with Gasteiger partial charge in [0.1, 0.15) is 51.8 Å². The van der Waals surface area contributed by atoms with Crippen molar-refractivity contribution in [1.29, 1.82) is 10.5 Å². The lowest BCUT2D eigenvalue weighted by Crippen LogP contribution is -2.28. The van der Waals surface area contributed by atoms with Gasteiger partial charge in [0.05, 0.1) is 40.0 Å². The number of hydrogen-bond acceptors (Lipinski definition) is 26. The smallest absolute Gasteiger partial charge is 0.337 e. The zero-order chi connectivity index (χ0) is 66.2. The van der Waals surface area contributed by atoms with Crippen LogP contribution in [0.1, 0.15) is 90.0 Å². The molecule has 0 bridgehead atoms. The van der Waals surface area contributed by atoms with Gasteiger partial charge in [-0.05, 0) is 62.7 Å². The Hall–Kier alpha value is -13.9. The molecule has 12 N–H and O–H groups in total. The molecule has 454 valence electrons. The number of benzene rings is 3. The SMILES string of the molecule is [C-]#[N+]c1c(C)c(N=Nc2c(C(=O)O)cccc2C(=O)O)c(O)n(C(=C)Nc2nc(NCCn3c(O)c(N=Nc4c(C(=O)O)cccc4C(=O)O)c(C)c(C#N)c3=O)nc(NCCn3c(O)c(N=Nc4c(C(=O)O)cccc4C(=O)O)c(C)c(C#N)c3=O)n2)c1=O. The zero-order valence-electron chi connectivity index (χ0n) is 46.1. The maximum atomic E-state index is 13.9. The van der Waals surface area contributed by atoms with Crippen molar-refractivity contribution in [3.05, 3.63) is 165 Å². The van der Waals surface area contributed by atoms with Crippen LogP contribution in [0, 0.1) is 50.0 Å². The highest BCUT2D eigenvalue weighted by Crippen LogP contribution is 2.39. The predicted octanol–water partition coefficient (Wildman–Crippen LogP) is 6.89. The van der Waals surface area contributed by atoms with E-state index in [4.69, 9.17) is 6.57 Å². The Morgan fingerprint density at radius 1 is 0.511 bits per heavy atom. The molecule has 36 heteroatoms. The lowest BCUT2D eigenvalue weighted by Gasteiger charge is -2.17. The van der Waals surface area contributed by atoms with Crippen molar-refractivity contribution < 1.29 is 74.7 Å². The maximum absolute atomic E-state index is 13.9. The van der Waals surface area contributed by atoms with Crippen molar-refractivity contribution in [2.45, 2.75) is 33.9 Å². The summed E-state index contributed by atoms with van der Waals surface area (Å²) in [5.74, 6) is -14.8. The second kappa shape index (κ2) is 26.4. The van der Waals surface area contributed by atoms with Crippen LogP contribution in [0.15, 0.2) is 106 Å². The minimum atomic E-state index is -1.62. The third kappa shape index (κ3) is 12.6. The summed E-state index contributed by atoms with van der Waals surface area (Å²) in [4.78, 5) is 129. The lowest BCUT2D eigenvalue weighted by atomic mass is 10.1. The molecule has 0 spiro atoms. The summed E-state index contributed by atoms with van der Waals surface area (Å²) >= 11 is 0. The molecular weight excluding hydrogens is 1190 g/mol. The van der Waals surface area contributed by atoms with Gasteiger partial charge in [0, 0.05) is 37.3 Å². The number of hydrogen-bond donors (Lipinski definition) is 12. The molecule has 4 aromatic heterocycles. The van der Waals surface area contributed by atoms with E-state index in [9.17, 15) is 99.6 Å². The minimum absolute atomic E-state index is 0.253. The van der Waals surface area contributed by atoms with Crippen molar-refractivity contribution in [2.24, 2.45) is 30.7 Å². The highest BCUT2D eigenvalue weighted by Gasteiger charge is 2.27. The molecule has 0 fully saturated rings. The number of nitrogens with zero attached hydrogens (tertiary/aromatic N) is 15. The highest BCUT2D eigenvalue weighted by atomic mass is 16.4. The summed E-state index contributed by atoms with van der Waals surface area (Å²) < 4.78 is 1.63. The van der Waals surface area contributed by atoms with Crippen molar-refractivity contribution in [3.8, 4) is 29.8 Å². The van der Waals surface area contributed by atoms with Crippen LogP contribution in [-0.4, -0.2) is 124 Å². The molecule has 0 aliphatic heterocycles. The minimum Gasteiger partial charge on any atom is -0.493 e. The first kappa shape index (κ1) is 63.7. The zero-order valence-corrected chi connectivity index (χ0v) is 46.1. The van der Waals surface area contributed by atoms with Crippen LogP contribution in [-0.2, 0) is 13.1 Å². The van der Waals surface area contributed by atoms with Crippen molar-refractivity contribution in [2.75, 3.05) is 29.0 Å². The van der Waals surface area contributed by atoms with E-state index in [2.05, 4.69) is 73.0 Å². The van der Waals surface area contributed by atoms with Gasteiger partial charge in [-0.25, -0.2) is 38.2 Å². The number of carboxylic acids is 6. The van der Waals surface area contributed by atoms with Gasteiger partial charge in [-0.1, -0.05) is 24.8 Å². The van der Waals surface area contributed by atoms with Gasteiger partial charge in [0.15, 0.2) is 11.4 Å². The first-order valence-corrected chi connectivity index (χ1v) is 25.0. The largest absolute Gasteiger partial charge is 0.493 e. The second-order valence-electron chi connectivity index (χ2n) is 18.1. The van der Waals surface area contributed by atoms with Crippen molar-refractivity contribution in [1.82, 2.24) is 28.7 Å². The monoisotopic (exact) mass is 1230 g/mol. The summed E-state index contributed by atoms with van der Waals surface area (Å²) in [5, 5.41) is 144. The Morgan fingerprint density at radius 3 is 1.11 bits per heavy atom. The molecule has 0 aliphatic carbocycles. The molecule has 7 aromatic rings. The first-order valence-electron chi connectivity index (χ1n) is 25.0. The molecule has 0 amide bonds. The molecule has 0 radical (unpaired) electrons. The van der Waals surface area contributed by atoms with Crippen LogP contribution in [0.3, 0.4) is 0 Å². The van der Waals surface area contributed by atoms with E-state index in [0.29, 0.717) is 13.7 Å². The molecule has 0 atom stereocenters. The fourth-order valence-corrected chi connectivity index (χ4v) is 8.40. The van der Waals surface area contributed by atoms with Gasteiger partial charge in [-0.15, -0.1) is 30.7 Å². The number of nitriles is 2. The standard InChI is InChI=1S/C54H40N18O18/c1-21-31(19-55)40(73)70(42(75)34(21)64-67-37-25(46(79)80)9-6-10-26(37)47(81)82)17-15-58-52-61-53(59-16-18-71-41(74)32(20-56)22(2)35(43(71)76)65-68-38-27(48(83)84)11-7-12-28(38)49(85)86)63-54(62-52)60-24(4)72-44(77)33(57-5)23(3)36(45(72)78)66-69-39-29(50(87)88)13-8-14-30(39)51(89)90/h6-14,75-76,78H,4,15-18H2,1-3H3,(H,79,80)(H,81,82)(H,83,84)(H,85,86)(H,87,88)(H,89,90)(H3,58,59,60,61,62,63). The van der Waals surface area contributed by atoms with Gasteiger partial charge >= 0.3 is 35.8 Å². The third-order valence-corrected chi connectivity index (χ3v) is 12.8. The lowest BCUT2D eigenvalue weighted by molar-refractivity contribution is 0.0677. The number of anilines is 3. The number of rotatable bonds is 23. The van der Waals surface area contributed by atoms with Gasteiger partial charge < -0.3 is 61.9 Å². The molecule has 90 heavy (non-hydrogen) atoms. The number of carboxylic acid groups (broad SMARTS) is 6. The van der Waals surface area contributed by atoms with E-state index in [-0.39, 0.29) is 16.7 Å². The quantitative estimate of drug-likeness (QED) is 0.0229. The van der Waals surface area contributed by atoms with Crippen molar-refractivity contribution in [3.63, 3.8) is 0 Å². The van der Waals surface area contributed by atoms with Crippen LogP contribution >= 0.6 is 0 Å². The van der Waals surface area contributed by atoms with Crippen LogP contribution in [0.4, 0.5) is 57.7 Å². The average molecular weight is 1230 g/mol. The normalized spacial score (nSPS) is 11.0. The number of azo groups is 3.